The highest BCUT2D eigenvalue weighted by Gasteiger charge is 2.14. The van der Waals surface area contributed by atoms with Gasteiger partial charge >= 0.3 is 0 Å². The Kier molecular flexibility index (Phi) is 7.95. The molecule has 6 nitrogen and oxygen atoms in total. The third-order valence-corrected chi connectivity index (χ3v) is 5.61. The summed E-state index contributed by atoms with van der Waals surface area (Å²) in [5.74, 6) is 1.01. The molecular formula is C25H32N4O2. The number of anilines is 1. The van der Waals surface area contributed by atoms with Crippen molar-refractivity contribution in [3.8, 4) is 0 Å². The van der Waals surface area contributed by atoms with E-state index in [0.717, 1.165) is 31.5 Å². The van der Waals surface area contributed by atoms with Gasteiger partial charge in [-0.1, -0.05) is 51.5 Å². The maximum Gasteiger partial charge on any atom is 0.258 e. The molecule has 1 amide bonds. The summed E-state index contributed by atoms with van der Waals surface area (Å²) in [4.78, 5) is 34.5. The Labute approximate surface area is 183 Å². The molecule has 31 heavy (non-hydrogen) atoms. The van der Waals surface area contributed by atoms with Crippen LogP contribution < -0.4 is 10.9 Å². The summed E-state index contributed by atoms with van der Waals surface area (Å²) in [7, 11) is 0. The highest BCUT2D eigenvalue weighted by molar-refractivity contribution is 5.92. The number of benzene rings is 2. The van der Waals surface area contributed by atoms with Gasteiger partial charge in [0.15, 0.2) is 0 Å². The second-order valence-corrected chi connectivity index (χ2v) is 8.07. The fourth-order valence-corrected chi connectivity index (χ4v) is 3.55. The van der Waals surface area contributed by atoms with Crippen molar-refractivity contribution in [2.75, 3.05) is 18.4 Å². The molecule has 2 N–H and O–H groups in total. The molecule has 1 atom stereocenters. The topological polar surface area (TPSA) is 78.1 Å². The maximum absolute atomic E-state index is 12.7. The van der Waals surface area contributed by atoms with E-state index in [1.165, 1.54) is 5.56 Å². The average molecular weight is 421 g/mol. The van der Waals surface area contributed by atoms with Gasteiger partial charge in [0, 0.05) is 5.69 Å². The summed E-state index contributed by atoms with van der Waals surface area (Å²) in [5, 5.41) is 3.56. The predicted molar refractivity (Wildman–Crippen MR) is 126 cm³/mol. The van der Waals surface area contributed by atoms with Crippen LogP contribution in [0.3, 0.4) is 0 Å². The SMILES string of the molecule is CCCCN(CC(=O)Nc1ccc([C@@H](C)CC)cc1)Cc1nc2ccccc2c(=O)[nH]1. The summed E-state index contributed by atoms with van der Waals surface area (Å²) in [6.45, 7) is 7.90. The van der Waals surface area contributed by atoms with Crippen LogP contribution in [-0.4, -0.2) is 33.9 Å². The summed E-state index contributed by atoms with van der Waals surface area (Å²) in [6, 6.07) is 15.3. The van der Waals surface area contributed by atoms with Crippen LogP contribution >= 0.6 is 0 Å². The predicted octanol–water partition coefficient (Wildman–Crippen LogP) is 4.68. The highest BCUT2D eigenvalue weighted by atomic mass is 16.2. The number of aromatic amines is 1. The van der Waals surface area contributed by atoms with Gasteiger partial charge in [0.05, 0.1) is 24.0 Å². The van der Waals surface area contributed by atoms with Gasteiger partial charge in [-0.15, -0.1) is 0 Å². The van der Waals surface area contributed by atoms with Crippen molar-refractivity contribution in [2.24, 2.45) is 0 Å². The van der Waals surface area contributed by atoms with E-state index in [1.807, 2.05) is 35.2 Å². The lowest BCUT2D eigenvalue weighted by molar-refractivity contribution is -0.117. The standard InChI is InChI=1S/C25H32N4O2/c1-4-6-15-29(16-23-27-22-10-8-7-9-21(22)25(31)28-23)17-24(30)26-20-13-11-19(12-14-20)18(3)5-2/h7-14,18H,4-6,15-17H2,1-3H3,(H,26,30)(H,27,28,31)/t18-/m0/s1. The first-order valence-electron chi connectivity index (χ1n) is 11.1. The van der Waals surface area contributed by atoms with Gasteiger partial charge in [-0.2, -0.15) is 0 Å². The van der Waals surface area contributed by atoms with Crippen molar-refractivity contribution in [3.05, 3.63) is 70.3 Å². The molecule has 1 aromatic heterocycles. The van der Waals surface area contributed by atoms with E-state index in [2.05, 4.69) is 48.2 Å². The van der Waals surface area contributed by atoms with Crippen molar-refractivity contribution in [1.82, 2.24) is 14.9 Å². The van der Waals surface area contributed by atoms with Crippen LogP contribution in [0, 0.1) is 0 Å². The molecule has 0 saturated carbocycles. The van der Waals surface area contributed by atoms with E-state index in [-0.39, 0.29) is 18.0 Å². The third kappa shape index (κ3) is 6.25. The summed E-state index contributed by atoms with van der Waals surface area (Å²) >= 11 is 0. The van der Waals surface area contributed by atoms with Crippen LogP contribution in [-0.2, 0) is 11.3 Å². The molecule has 0 fully saturated rings. The number of aromatic nitrogens is 2. The summed E-state index contributed by atoms with van der Waals surface area (Å²) in [6.07, 6.45) is 3.08. The Morgan fingerprint density at radius 1 is 1.13 bits per heavy atom. The minimum Gasteiger partial charge on any atom is -0.325 e. The Hall–Kier alpha value is -2.99. The monoisotopic (exact) mass is 420 g/mol. The number of hydrogen-bond donors (Lipinski definition) is 2. The molecule has 0 spiro atoms. The van der Waals surface area contributed by atoms with E-state index in [1.54, 1.807) is 6.07 Å². The number of para-hydroxylation sites is 1. The first-order valence-corrected chi connectivity index (χ1v) is 11.1. The first-order chi connectivity index (χ1) is 15.0. The summed E-state index contributed by atoms with van der Waals surface area (Å²) < 4.78 is 0. The molecule has 164 valence electrons. The third-order valence-electron chi connectivity index (χ3n) is 5.61. The Morgan fingerprint density at radius 3 is 2.58 bits per heavy atom. The lowest BCUT2D eigenvalue weighted by Crippen LogP contribution is -2.34. The van der Waals surface area contributed by atoms with E-state index < -0.39 is 0 Å². The number of hydrogen-bond acceptors (Lipinski definition) is 4. The Morgan fingerprint density at radius 2 is 1.87 bits per heavy atom. The zero-order valence-corrected chi connectivity index (χ0v) is 18.6. The van der Waals surface area contributed by atoms with Crippen molar-refractivity contribution in [1.29, 1.82) is 0 Å². The molecule has 2 aromatic carbocycles. The number of fused-ring (bicyclic) bond motifs is 1. The molecule has 6 heteroatoms. The highest BCUT2D eigenvalue weighted by Crippen LogP contribution is 2.20. The minimum absolute atomic E-state index is 0.0736. The molecule has 0 bridgehead atoms. The van der Waals surface area contributed by atoms with Crippen LogP contribution in [0.4, 0.5) is 5.69 Å². The number of nitrogens with one attached hydrogen (secondary N) is 2. The molecule has 3 aromatic rings. The average Bonchev–Trinajstić information content (AvgIpc) is 2.77. The zero-order chi connectivity index (χ0) is 22.2. The number of carbonyl (C=O) groups excluding carboxylic acids is 1. The van der Waals surface area contributed by atoms with Crippen molar-refractivity contribution in [2.45, 2.75) is 52.5 Å². The molecule has 1 heterocycles. The number of carbonyl (C=O) groups is 1. The lowest BCUT2D eigenvalue weighted by Gasteiger charge is -2.21. The maximum atomic E-state index is 12.7. The minimum atomic E-state index is -0.151. The van der Waals surface area contributed by atoms with Gasteiger partial charge in [0.2, 0.25) is 5.91 Å². The van der Waals surface area contributed by atoms with E-state index in [0.29, 0.717) is 29.2 Å². The van der Waals surface area contributed by atoms with Crippen LogP contribution in [0.25, 0.3) is 10.9 Å². The normalized spacial score (nSPS) is 12.3. The number of nitrogens with zero attached hydrogens (tertiary/aromatic N) is 2. The fourth-order valence-electron chi connectivity index (χ4n) is 3.55. The molecule has 0 aliphatic carbocycles. The van der Waals surface area contributed by atoms with Crippen LogP contribution in [0.2, 0.25) is 0 Å². The van der Waals surface area contributed by atoms with E-state index in [4.69, 9.17) is 0 Å². The summed E-state index contributed by atoms with van der Waals surface area (Å²) in [5.41, 5.74) is 2.59. The number of rotatable bonds is 10. The molecule has 0 aliphatic rings. The Bertz CT molecular complexity index is 1060. The molecule has 0 radical (unpaired) electrons. The first kappa shape index (κ1) is 22.7. The Balaban J connectivity index is 1.68. The van der Waals surface area contributed by atoms with Gasteiger partial charge in [0.25, 0.3) is 5.56 Å². The van der Waals surface area contributed by atoms with E-state index in [9.17, 15) is 9.59 Å². The largest absolute Gasteiger partial charge is 0.325 e. The fraction of sp³-hybridized carbons (Fsp3) is 0.400. The second-order valence-electron chi connectivity index (χ2n) is 8.07. The number of unbranched alkanes of at least 4 members (excludes halogenated alkanes) is 1. The van der Waals surface area contributed by atoms with Crippen molar-refractivity contribution >= 4 is 22.5 Å². The zero-order valence-electron chi connectivity index (χ0n) is 18.6. The molecule has 0 unspecified atom stereocenters. The van der Waals surface area contributed by atoms with Crippen LogP contribution in [0.5, 0.6) is 0 Å². The number of amides is 1. The van der Waals surface area contributed by atoms with Crippen LogP contribution in [0.15, 0.2) is 53.3 Å². The second kappa shape index (κ2) is 10.9. The van der Waals surface area contributed by atoms with Gasteiger partial charge in [-0.05, 0) is 55.1 Å². The molecular weight excluding hydrogens is 388 g/mol. The lowest BCUT2D eigenvalue weighted by atomic mass is 9.99. The molecule has 0 aliphatic heterocycles. The van der Waals surface area contributed by atoms with Crippen molar-refractivity contribution < 1.29 is 4.79 Å². The molecule has 0 saturated heterocycles. The van der Waals surface area contributed by atoms with Crippen LogP contribution in [0.1, 0.15) is 57.3 Å². The van der Waals surface area contributed by atoms with Gasteiger partial charge in [-0.25, -0.2) is 4.98 Å². The quantitative estimate of drug-likeness (QED) is 0.499. The van der Waals surface area contributed by atoms with Gasteiger partial charge in [-0.3, -0.25) is 14.5 Å². The van der Waals surface area contributed by atoms with Gasteiger partial charge < -0.3 is 10.3 Å². The smallest absolute Gasteiger partial charge is 0.258 e. The van der Waals surface area contributed by atoms with Crippen molar-refractivity contribution in [3.63, 3.8) is 0 Å². The molecule has 3 rings (SSSR count). The van der Waals surface area contributed by atoms with Gasteiger partial charge in [0.1, 0.15) is 5.82 Å². The number of H-pyrrole nitrogens is 1. The van der Waals surface area contributed by atoms with E-state index >= 15 is 0 Å².